The summed E-state index contributed by atoms with van der Waals surface area (Å²) in [5.41, 5.74) is 1.34. The van der Waals surface area contributed by atoms with Crippen LogP contribution in [0, 0.1) is 0 Å². The Balaban J connectivity index is 2.36. The van der Waals surface area contributed by atoms with E-state index in [0.717, 1.165) is 35.8 Å². The van der Waals surface area contributed by atoms with Gasteiger partial charge in [-0.2, -0.15) is 0 Å². The Morgan fingerprint density at radius 2 is 2.13 bits per heavy atom. The molecule has 1 amide bonds. The lowest BCUT2D eigenvalue weighted by Gasteiger charge is -2.19. The summed E-state index contributed by atoms with van der Waals surface area (Å²) in [6, 6.07) is 0. The number of carboxylic acids is 1. The Labute approximate surface area is 138 Å². The van der Waals surface area contributed by atoms with Gasteiger partial charge in [0, 0.05) is 11.0 Å². The van der Waals surface area contributed by atoms with E-state index in [9.17, 15) is 19.5 Å². The average molecular weight is 336 g/mol. The molecule has 124 valence electrons. The van der Waals surface area contributed by atoms with Crippen LogP contribution in [-0.2, 0) is 20.7 Å². The molecule has 0 saturated carbocycles. The zero-order valence-corrected chi connectivity index (χ0v) is 13.8. The second kappa shape index (κ2) is 7.41. The van der Waals surface area contributed by atoms with E-state index in [1.807, 2.05) is 0 Å². The fourth-order valence-electron chi connectivity index (χ4n) is 2.70. The molecule has 6 nitrogen and oxygen atoms in total. The van der Waals surface area contributed by atoms with E-state index in [2.05, 4.69) is 12.2 Å². The second-order valence-corrected chi connectivity index (χ2v) is 6.40. The first kappa shape index (κ1) is 17.2. The molecule has 0 saturated heterocycles. The van der Waals surface area contributed by atoms with Crippen LogP contribution in [-0.4, -0.2) is 24.5 Å². The van der Waals surface area contributed by atoms with Crippen molar-refractivity contribution in [3.63, 3.8) is 0 Å². The number of thiophene rings is 1. The van der Waals surface area contributed by atoms with Gasteiger partial charge in [0.05, 0.1) is 18.1 Å². The maximum absolute atomic E-state index is 12.3. The van der Waals surface area contributed by atoms with Crippen LogP contribution in [0.1, 0.15) is 53.4 Å². The van der Waals surface area contributed by atoms with Gasteiger partial charge in [0.2, 0.25) is 5.91 Å². The topological polar surface area (TPSA) is 95.5 Å². The summed E-state index contributed by atoms with van der Waals surface area (Å²) in [6.07, 6.45) is 4.40. The third kappa shape index (κ3) is 3.98. The minimum Gasteiger partial charge on any atom is -0.545 e. The lowest BCUT2D eigenvalue weighted by molar-refractivity contribution is -0.297. The summed E-state index contributed by atoms with van der Waals surface area (Å²) < 4.78 is 5.12. The number of amides is 1. The molecule has 0 aliphatic heterocycles. The number of fused-ring (bicyclic) bond motifs is 1. The van der Waals surface area contributed by atoms with Gasteiger partial charge in [0.15, 0.2) is 0 Å². The number of rotatable bonds is 5. The van der Waals surface area contributed by atoms with Crippen LogP contribution in [0.3, 0.4) is 0 Å². The highest BCUT2D eigenvalue weighted by Gasteiger charge is 2.30. The summed E-state index contributed by atoms with van der Waals surface area (Å²) in [7, 11) is 0. The summed E-state index contributed by atoms with van der Waals surface area (Å²) in [5.74, 6) is -2.31. The van der Waals surface area contributed by atoms with Crippen molar-refractivity contribution in [1.29, 1.82) is 0 Å². The molecule has 1 N–H and O–H groups in total. The van der Waals surface area contributed by atoms with E-state index >= 15 is 0 Å². The molecule has 0 radical (unpaired) electrons. The van der Waals surface area contributed by atoms with Crippen LogP contribution < -0.4 is 10.4 Å². The van der Waals surface area contributed by atoms with E-state index in [1.54, 1.807) is 6.92 Å². The standard InChI is InChI=1S/C16H19NO5S/c1-3-22-16(21)14-13-9(2)5-4-6-10(13)23-15(14)17-11(18)7-8-12(19)20/h7-9H,3-6H2,1-2H3,(H,17,18)(H,19,20)/p-1/t9-/m1/s1. The minimum atomic E-state index is -1.45. The van der Waals surface area contributed by atoms with Crippen LogP contribution >= 0.6 is 11.3 Å². The fraction of sp³-hybridized carbons (Fsp3) is 0.438. The Kier molecular flexibility index (Phi) is 5.54. The number of carbonyl (C=O) groups excluding carboxylic acids is 3. The molecule has 0 spiro atoms. The van der Waals surface area contributed by atoms with Gasteiger partial charge in [-0.1, -0.05) is 6.92 Å². The summed E-state index contributed by atoms with van der Waals surface area (Å²) in [4.78, 5) is 35.6. The van der Waals surface area contributed by atoms with E-state index in [0.29, 0.717) is 16.6 Å². The van der Waals surface area contributed by atoms with Gasteiger partial charge in [-0.15, -0.1) is 11.3 Å². The highest BCUT2D eigenvalue weighted by Crippen LogP contribution is 2.43. The number of hydrogen-bond acceptors (Lipinski definition) is 6. The van der Waals surface area contributed by atoms with Gasteiger partial charge in [0.25, 0.3) is 0 Å². The Morgan fingerprint density at radius 3 is 2.78 bits per heavy atom. The lowest BCUT2D eigenvalue weighted by atomic mass is 9.86. The number of hydrogen-bond donors (Lipinski definition) is 1. The van der Waals surface area contributed by atoms with Gasteiger partial charge in [-0.25, -0.2) is 4.79 Å². The fourth-order valence-corrected chi connectivity index (χ4v) is 4.06. The summed E-state index contributed by atoms with van der Waals surface area (Å²) >= 11 is 1.35. The van der Waals surface area contributed by atoms with Crippen molar-refractivity contribution in [2.45, 2.75) is 39.0 Å². The first-order chi connectivity index (χ1) is 10.9. The molecule has 1 aromatic heterocycles. The van der Waals surface area contributed by atoms with E-state index in [4.69, 9.17) is 4.74 Å². The van der Waals surface area contributed by atoms with Crippen molar-refractivity contribution in [3.05, 3.63) is 28.2 Å². The molecule has 0 aromatic carbocycles. The van der Waals surface area contributed by atoms with Crippen LogP contribution in [0.5, 0.6) is 0 Å². The molecule has 1 aliphatic carbocycles. The number of carbonyl (C=O) groups is 3. The molecule has 7 heteroatoms. The lowest BCUT2D eigenvalue weighted by Crippen LogP contribution is -2.20. The van der Waals surface area contributed by atoms with E-state index in [1.165, 1.54) is 11.3 Å². The van der Waals surface area contributed by atoms with Crippen LogP contribution in [0.25, 0.3) is 0 Å². The predicted octanol–water partition coefficient (Wildman–Crippen LogP) is 1.61. The van der Waals surface area contributed by atoms with Crippen molar-refractivity contribution in [1.82, 2.24) is 0 Å². The third-order valence-corrected chi connectivity index (χ3v) is 4.82. The van der Waals surface area contributed by atoms with E-state index < -0.39 is 17.8 Å². The van der Waals surface area contributed by atoms with Gasteiger partial charge in [-0.05, 0) is 43.7 Å². The first-order valence-corrected chi connectivity index (χ1v) is 8.28. The number of ether oxygens (including phenoxy) is 1. The van der Waals surface area contributed by atoms with Crippen molar-refractivity contribution < 1.29 is 24.2 Å². The van der Waals surface area contributed by atoms with Crippen LogP contribution in [0.2, 0.25) is 0 Å². The summed E-state index contributed by atoms with van der Waals surface area (Å²) in [5, 5.41) is 13.4. The van der Waals surface area contributed by atoms with Crippen molar-refractivity contribution in [2.75, 3.05) is 11.9 Å². The molecule has 2 rings (SSSR count). The molecular weight excluding hydrogens is 318 g/mol. The minimum absolute atomic E-state index is 0.221. The quantitative estimate of drug-likeness (QED) is 0.651. The molecule has 0 bridgehead atoms. The molecule has 1 aliphatic rings. The Bertz CT molecular complexity index is 662. The number of esters is 1. The average Bonchev–Trinajstić information content (AvgIpc) is 2.84. The van der Waals surface area contributed by atoms with Gasteiger partial charge in [0.1, 0.15) is 5.00 Å². The summed E-state index contributed by atoms with van der Waals surface area (Å²) in [6.45, 7) is 4.02. The van der Waals surface area contributed by atoms with Crippen molar-refractivity contribution in [2.24, 2.45) is 0 Å². The zero-order valence-electron chi connectivity index (χ0n) is 13.0. The smallest absolute Gasteiger partial charge is 0.341 e. The number of nitrogens with one attached hydrogen (secondary N) is 1. The SMILES string of the molecule is CCOC(=O)c1c(NC(=O)C=CC(=O)[O-])sc2c1[C@H](C)CCC2. The zero-order chi connectivity index (χ0) is 17.0. The van der Waals surface area contributed by atoms with Gasteiger partial charge < -0.3 is 20.0 Å². The molecule has 0 fully saturated rings. The Hall–Kier alpha value is -2.15. The van der Waals surface area contributed by atoms with Crippen molar-refractivity contribution >= 4 is 34.2 Å². The second-order valence-electron chi connectivity index (χ2n) is 5.30. The first-order valence-electron chi connectivity index (χ1n) is 7.46. The normalized spacial score (nSPS) is 16.9. The van der Waals surface area contributed by atoms with Crippen LogP contribution in [0.4, 0.5) is 5.00 Å². The van der Waals surface area contributed by atoms with E-state index in [-0.39, 0.29) is 12.5 Å². The molecular formula is C16H18NO5S-. The molecule has 1 atom stereocenters. The molecule has 0 unspecified atom stereocenters. The van der Waals surface area contributed by atoms with Gasteiger partial charge in [-0.3, -0.25) is 4.79 Å². The maximum atomic E-state index is 12.3. The molecule has 1 heterocycles. The largest absolute Gasteiger partial charge is 0.545 e. The maximum Gasteiger partial charge on any atom is 0.341 e. The molecule has 23 heavy (non-hydrogen) atoms. The van der Waals surface area contributed by atoms with Gasteiger partial charge >= 0.3 is 5.97 Å². The highest BCUT2D eigenvalue weighted by atomic mass is 32.1. The monoisotopic (exact) mass is 336 g/mol. The number of anilines is 1. The molecule has 1 aromatic rings. The number of aliphatic carboxylic acids is 1. The number of aryl methyl sites for hydroxylation is 1. The van der Waals surface area contributed by atoms with Crippen LogP contribution in [0.15, 0.2) is 12.2 Å². The predicted molar refractivity (Wildman–Crippen MR) is 84.4 cm³/mol. The third-order valence-electron chi connectivity index (χ3n) is 3.64. The Morgan fingerprint density at radius 1 is 1.39 bits per heavy atom. The highest BCUT2D eigenvalue weighted by molar-refractivity contribution is 7.17. The number of carboxylic acid groups (broad SMARTS) is 1. The van der Waals surface area contributed by atoms with Crippen molar-refractivity contribution in [3.8, 4) is 0 Å².